The predicted octanol–water partition coefficient (Wildman–Crippen LogP) is 0.576. The van der Waals surface area contributed by atoms with Crippen LogP contribution in [0, 0.1) is 0 Å². The molecular formula is CH3CrMoNi. The Morgan fingerprint density at radius 2 is 1.25 bits per heavy atom. The van der Waals surface area contributed by atoms with E-state index in [2.05, 4.69) is 0 Å². The largest absolute Gasteiger partial charge is 0 e. The van der Waals surface area contributed by atoms with Gasteiger partial charge < -0.3 is 0 Å². The van der Waals surface area contributed by atoms with Gasteiger partial charge in [-0.05, 0) is 0 Å². The average Bonchev–Trinajstić information content (AvgIpc) is 1.00. The second-order valence-corrected chi connectivity index (χ2v) is 0. The molecule has 0 nitrogen and oxygen atoms in total. The number of rotatable bonds is 0. The van der Waals surface area contributed by atoms with Gasteiger partial charge in [0.25, 0.3) is 0 Å². The average molecular weight is 222 g/mol. The van der Waals surface area contributed by atoms with Gasteiger partial charge in [-0.2, -0.15) is 0 Å². The molecule has 0 aromatic heterocycles. The van der Waals surface area contributed by atoms with Crippen molar-refractivity contribution in [2.45, 2.75) is 5.31 Å². The van der Waals surface area contributed by atoms with Crippen molar-refractivity contribution in [1.82, 2.24) is 0 Å². The monoisotopic (exact) mass is 223 g/mol. The van der Waals surface area contributed by atoms with Crippen molar-refractivity contribution >= 4 is 0 Å². The van der Waals surface area contributed by atoms with Crippen molar-refractivity contribution in [3.8, 4) is 0 Å². The number of hydrogen-bond acceptors (Lipinski definition) is 0. The minimum Gasteiger partial charge on any atom is 0 e. The summed E-state index contributed by atoms with van der Waals surface area (Å²) in [5, 5.41) is 2.01. The first-order valence-corrected chi connectivity index (χ1v) is 2.42. The van der Waals surface area contributed by atoms with Crippen molar-refractivity contribution in [3.05, 3.63) is 0 Å². The van der Waals surface area contributed by atoms with Crippen LogP contribution < -0.4 is 0 Å². The fourth-order valence-electron chi connectivity index (χ4n) is 0. The summed E-state index contributed by atoms with van der Waals surface area (Å²) in [6, 6.07) is 0. The molecule has 0 saturated carbocycles. The van der Waals surface area contributed by atoms with E-state index in [-0.39, 0.29) is 33.9 Å². The van der Waals surface area contributed by atoms with Gasteiger partial charge in [0.05, 0.1) is 0 Å². The molecule has 0 unspecified atom stereocenters. The van der Waals surface area contributed by atoms with Gasteiger partial charge in [-0.25, -0.2) is 0 Å². The maximum absolute atomic E-state index is 2.01. The summed E-state index contributed by atoms with van der Waals surface area (Å²) in [6.45, 7) is 0. The van der Waals surface area contributed by atoms with Gasteiger partial charge >= 0.3 is 25.1 Å². The molecule has 0 N–H and O–H groups in total. The molecule has 29 valence electrons. The minimum atomic E-state index is 0. The van der Waals surface area contributed by atoms with E-state index in [9.17, 15) is 0 Å². The first-order chi connectivity index (χ1) is 1.00. The van der Waals surface area contributed by atoms with Gasteiger partial charge in [-0.3, -0.25) is 0 Å². The Balaban J connectivity index is -0.00000000500. The summed E-state index contributed by atoms with van der Waals surface area (Å²) in [4.78, 5) is 0. The Kier molecular flexibility index (Phi) is 95.4. The zero-order valence-electron chi connectivity index (χ0n) is 2.13. The zero-order valence-corrected chi connectivity index (χ0v) is 6.40. The third-order valence-corrected chi connectivity index (χ3v) is 0. The second-order valence-electron chi connectivity index (χ2n) is 0. The summed E-state index contributed by atoms with van der Waals surface area (Å²) >= 11 is 1.95. The fraction of sp³-hybridized carbons (Fsp3) is 1.00. The van der Waals surface area contributed by atoms with Crippen LogP contribution in [0.1, 0.15) is 0 Å². The van der Waals surface area contributed by atoms with E-state index in [0.29, 0.717) is 0 Å². The summed E-state index contributed by atoms with van der Waals surface area (Å²) < 4.78 is 0. The molecule has 0 aromatic rings. The van der Waals surface area contributed by atoms with Gasteiger partial charge in [0, 0.05) is 33.9 Å². The SMILES string of the molecule is [CH3][Mo].[Cr].[Ni]. The van der Waals surface area contributed by atoms with Crippen molar-refractivity contribution in [2.75, 3.05) is 0 Å². The molecule has 0 aliphatic rings. The summed E-state index contributed by atoms with van der Waals surface area (Å²) in [7, 11) is 0. The molecule has 0 aliphatic heterocycles. The van der Waals surface area contributed by atoms with Crippen molar-refractivity contribution in [1.29, 1.82) is 0 Å². The normalized spacial score (nSPS) is 1.25. The Morgan fingerprint density at radius 3 is 1.25 bits per heavy atom. The molecular weight excluding hydrogens is 219 g/mol. The summed E-state index contributed by atoms with van der Waals surface area (Å²) in [6.07, 6.45) is 0. The van der Waals surface area contributed by atoms with E-state index in [4.69, 9.17) is 0 Å². The van der Waals surface area contributed by atoms with Crippen molar-refractivity contribution < 1.29 is 53.7 Å². The van der Waals surface area contributed by atoms with E-state index in [1.54, 1.807) is 0 Å². The van der Waals surface area contributed by atoms with Crippen molar-refractivity contribution in [2.24, 2.45) is 0 Å². The van der Waals surface area contributed by atoms with Gasteiger partial charge in [0.15, 0.2) is 0 Å². The maximum Gasteiger partial charge on any atom is 0 e. The molecule has 0 rings (SSSR count). The Bertz CT molecular complexity index is 8.00. The van der Waals surface area contributed by atoms with E-state index < -0.39 is 0 Å². The summed E-state index contributed by atoms with van der Waals surface area (Å²) in [5.74, 6) is 0. The second kappa shape index (κ2) is 22.1. The smallest absolute Gasteiger partial charge is 0 e. The molecule has 4 heavy (non-hydrogen) atoms. The van der Waals surface area contributed by atoms with Crippen LogP contribution in [0.15, 0.2) is 0 Å². The molecule has 0 saturated heterocycles. The van der Waals surface area contributed by atoms with Gasteiger partial charge in [-0.1, -0.05) is 0 Å². The molecule has 3 heteroatoms. The van der Waals surface area contributed by atoms with Crippen LogP contribution in [0.4, 0.5) is 0 Å². The topological polar surface area (TPSA) is 0 Å². The van der Waals surface area contributed by atoms with Crippen LogP contribution in [0.2, 0.25) is 5.31 Å². The van der Waals surface area contributed by atoms with Crippen molar-refractivity contribution in [3.63, 3.8) is 0 Å². The quantitative estimate of drug-likeness (QED) is 0.525. The van der Waals surface area contributed by atoms with E-state index in [0.717, 1.165) is 0 Å². The third kappa shape index (κ3) is 9.31. The Labute approximate surface area is 58.7 Å². The number of hydrogen-bond donors (Lipinski definition) is 0. The Morgan fingerprint density at radius 1 is 1.25 bits per heavy atom. The van der Waals surface area contributed by atoms with E-state index in [1.807, 2.05) is 25.1 Å². The Hall–Kier alpha value is 1.71. The van der Waals surface area contributed by atoms with Gasteiger partial charge in [-0.15, -0.1) is 0 Å². The fourth-order valence-corrected chi connectivity index (χ4v) is 0. The van der Waals surface area contributed by atoms with Gasteiger partial charge in [0.2, 0.25) is 0 Å². The first-order valence-electron chi connectivity index (χ1n) is 0.408. The molecule has 0 fully saturated rings. The third-order valence-electron chi connectivity index (χ3n) is 0. The standard InChI is InChI=1S/CH3.Cr.Mo.Ni/h1H3;;;. The van der Waals surface area contributed by atoms with Crippen LogP contribution in [0.25, 0.3) is 0 Å². The molecule has 0 heterocycles. The minimum absolute atomic E-state index is 0. The van der Waals surface area contributed by atoms with Crippen LogP contribution >= 0.6 is 0 Å². The first kappa shape index (κ1) is 17.2. The van der Waals surface area contributed by atoms with Crippen LogP contribution in [-0.4, -0.2) is 0 Å². The van der Waals surface area contributed by atoms with E-state index in [1.165, 1.54) is 0 Å². The van der Waals surface area contributed by atoms with Crippen LogP contribution in [-0.2, 0) is 53.7 Å². The molecule has 0 spiro atoms. The molecule has 0 amide bonds. The molecule has 0 atom stereocenters. The van der Waals surface area contributed by atoms with Gasteiger partial charge in [0.1, 0.15) is 0 Å². The van der Waals surface area contributed by atoms with Crippen LogP contribution in [0.3, 0.4) is 0 Å². The molecule has 0 bridgehead atoms. The molecule has 0 radical (unpaired) electrons. The maximum atomic E-state index is 2.01. The van der Waals surface area contributed by atoms with E-state index >= 15 is 0 Å². The summed E-state index contributed by atoms with van der Waals surface area (Å²) in [5.41, 5.74) is 0. The zero-order chi connectivity index (χ0) is 2.00. The van der Waals surface area contributed by atoms with Crippen LogP contribution in [0.5, 0.6) is 0 Å². The molecule has 0 aromatic carbocycles. The predicted molar refractivity (Wildman–Crippen MR) is 5.86 cm³/mol. The molecule has 0 aliphatic carbocycles.